The van der Waals surface area contributed by atoms with Crippen molar-refractivity contribution in [1.29, 1.82) is 0 Å². The number of carbonyl (C=O) groups excluding carboxylic acids is 2. The highest BCUT2D eigenvalue weighted by Gasteiger charge is 2.28. The van der Waals surface area contributed by atoms with Crippen LogP contribution < -0.4 is 14.4 Å². The van der Waals surface area contributed by atoms with Gasteiger partial charge in [-0.25, -0.2) is 8.42 Å². The molecule has 0 bridgehead atoms. The Hall–Kier alpha value is -2.78. The average Bonchev–Trinajstić information content (AvgIpc) is 2.87. The second kappa shape index (κ2) is 14.8. The number of nitrogens with one attached hydrogen (secondary N) is 1. The molecule has 0 aliphatic heterocycles. The highest BCUT2D eigenvalue weighted by molar-refractivity contribution is 7.92. The first-order valence-electron chi connectivity index (χ1n) is 12.5. The number of amides is 2. The number of rotatable bonds is 15. The predicted molar refractivity (Wildman–Crippen MR) is 148 cm³/mol. The van der Waals surface area contributed by atoms with Gasteiger partial charge in [0.25, 0.3) is 0 Å². The van der Waals surface area contributed by atoms with E-state index in [2.05, 4.69) is 5.32 Å². The number of methoxy groups -OCH3 is 1. The summed E-state index contributed by atoms with van der Waals surface area (Å²) >= 11 is 6.02. The Morgan fingerprint density at radius 1 is 1.08 bits per heavy atom. The smallest absolute Gasteiger partial charge is 0.242 e. The van der Waals surface area contributed by atoms with Crippen molar-refractivity contribution in [3.8, 4) is 5.75 Å². The number of anilines is 1. The Morgan fingerprint density at radius 3 is 2.38 bits per heavy atom. The molecular formula is C27H38ClN3O5S. The summed E-state index contributed by atoms with van der Waals surface area (Å²) in [6.07, 6.45) is 3.77. The third kappa shape index (κ3) is 9.55. The number of benzene rings is 2. The third-order valence-corrected chi connectivity index (χ3v) is 7.42. The van der Waals surface area contributed by atoms with Crippen LogP contribution in [0.3, 0.4) is 0 Å². The number of carbonyl (C=O) groups is 2. The minimum absolute atomic E-state index is 0.0856. The molecule has 0 aliphatic rings. The molecule has 2 amide bonds. The molecular weight excluding hydrogens is 514 g/mol. The Kier molecular flexibility index (Phi) is 12.2. The lowest BCUT2D eigenvalue weighted by atomic mass is 10.1. The van der Waals surface area contributed by atoms with Crippen molar-refractivity contribution < 1.29 is 22.7 Å². The number of nitrogens with zero attached hydrogens (tertiary/aromatic N) is 2. The Labute approximate surface area is 226 Å². The summed E-state index contributed by atoms with van der Waals surface area (Å²) in [7, 11) is -2.07. The number of halogens is 1. The first-order valence-corrected chi connectivity index (χ1v) is 14.8. The van der Waals surface area contributed by atoms with Gasteiger partial charge >= 0.3 is 0 Å². The molecule has 37 heavy (non-hydrogen) atoms. The van der Waals surface area contributed by atoms with Crippen LogP contribution in [0.4, 0.5) is 5.69 Å². The van der Waals surface area contributed by atoms with Gasteiger partial charge in [-0.3, -0.25) is 13.9 Å². The van der Waals surface area contributed by atoms with Crippen molar-refractivity contribution in [1.82, 2.24) is 10.2 Å². The van der Waals surface area contributed by atoms with Gasteiger partial charge in [-0.15, -0.1) is 0 Å². The molecule has 8 nitrogen and oxygen atoms in total. The largest absolute Gasteiger partial charge is 0.497 e. The Balaban J connectivity index is 2.20. The molecule has 0 radical (unpaired) electrons. The van der Waals surface area contributed by atoms with E-state index in [9.17, 15) is 18.0 Å². The standard InChI is InChI=1S/C27H38ClN3O5S/c1-5-7-17-29-27(33)25(6-2)30(20-21-13-15-22(28)16-14-21)26(32)12-9-18-31(37(4,34)35)23-10-8-11-24(19-23)36-3/h8,10-11,13-16,19,25H,5-7,9,12,17-18,20H2,1-4H3,(H,29,33). The number of hydrogen-bond donors (Lipinski definition) is 1. The summed E-state index contributed by atoms with van der Waals surface area (Å²) in [6.45, 7) is 4.84. The van der Waals surface area contributed by atoms with Gasteiger partial charge in [0.1, 0.15) is 11.8 Å². The quantitative estimate of drug-likeness (QED) is 0.326. The maximum absolute atomic E-state index is 13.4. The van der Waals surface area contributed by atoms with Crippen LogP contribution in [0.1, 0.15) is 51.5 Å². The topological polar surface area (TPSA) is 96.0 Å². The minimum atomic E-state index is -3.58. The molecule has 2 rings (SSSR count). The second-order valence-electron chi connectivity index (χ2n) is 8.86. The van der Waals surface area contributed by atoms with Crippen LogP contribution in [-0.2, 0) is 26.2 Å². The lowest BCUT2D eigenvalue weighted by Crippen LogP contribution is -2.49. The molecule has 1 atom stereocenters. The molecule has 2 aromatic rings. The van der Waals surface area contributed by atoms with Gasteiger partial charge in [-0.05, 0) is 49.1 Å². The summed E-state index contributed by atoms with van der Waals surface area (Å²) in [6, 6.07) is 13.3. The van der Waals surface area contributed by atoms with Crippen LogP contribution in [-0.4, -0.2) is 57.6 Å². The molecule has 10 heteroatoms. The molecule has 0 saturated heterocycles. The van der Waals surface area contributed by atoms with E-state index in [1.165, 1.54) is 11.4 Å². The van der Waals surface area contributed by atoms with E-state index in [4.69, 9.17) is 16.3 Å². The van der Waals surface area contributed by atoms with E-state index >= 15 is 0 Å². The summed E-state index contributed by atoms with van der Waals surface area (Å²) in [4.78, 5) is 28.0. The highest BCUT2D eigenvalue weighted by Crippen LogP contribution is 2.24. The van der Waals surface area contributed by atoms with Crippen LogP contribution in [0, 0.1) is 0 Å². The van der Waals surface area contributed by atoms with Gasteiger partial charge in [-0.1, -0.05) is 50.1 Å². The molecule has 0 fully saturated rings. The number of ether oxygens (including phenoxy) is 1. The van der Waals surface area contributed by atoms with E-state index in [0.29, 0.717) is 29.4 Å². The molecule has 0 heterocycles. The molecule has 1 N–H and O–H groups in total. The van der Waals surface area contributed by atoms with Crippen LogP contribution in [0.5, 0.6) is 5.75 Å². The molecule has 0 aromatic heterocycles. The number of hydrogen-bond acceptors (Lipinski definition) is 5. The van der Waals surface area contributed by atoms with E-state index < -0.39 is 16.1 Å². The van der Waals surface area contributed by atoms with Crippen molar-refractivity contribution in [3.63, 3.8) is 0 Å². The summed E-state index contributed by atoms with van der Waals surface area (Å²) in [5.74, 6) is 0.134. The van der Waals surface area contributed by atoms with Crippen molar-refractivity contribution in [2.24, 2.45) is 0 Å². The monoisotopic (exact) mass is 551 g/mol. The van der Waals surface area contributed by atoms with Crippen LogP contribution in [0.15, 0.2) is 48.5 Å². The summed E-state index contributed by atoms with van der Waals surface area (Å²) in [5, 5.41) is 3.53. The van der Waals surface area contributed by atoms with Gasteiger partial charge in [0.15, 0.2) is 0 Å². The molecule has 0 aliphatic carbocycles. The van der Waals surface area contributed by atoms with E-state index in [1.807, 2.05) is 26.0 Å². The molecule has 0 saturated carbocycles. The lowest BCUT2D eigenvalue weighted by molar-refractivity contribution is -0.141. The Bertz CT molecular complexity index is 1130. The maximum atomic E-state index is 13.4. The van der Waals surface area contributed by atoms with Gasteiger partial charge in [-0.2, -0.15) is 0 Å². The van der Waals surface area contributed by atoms with Gasteiger partial charge < -0.3 is 15.0 Å². The zero-order valence-corrected chi connectivity index (χ0v) is 23.6. The fraction of sp³-hybridized carbons (Fsp3) is 0.481. The Morgan fingerprint density at radius 2 is 1.78 bits per heavy atom. The van der Waals surface area contributed by atoms with Crippen LogP contribution in [0.2, 0.25) is 5.02 Å². The third-order valence-electron chi connectivity index (χ3n) is 5.98. The fourth-order valence-corrected chi connectivity index (χ4v) is 5.06. The fourth-order valence-electron chi connectivity index (χ4n) is 3.98. The second-order valence-corrected chi connectivity index (χ2v) is 11.2. The maximum Gasteiger partial charge on any atom is 0.242 e. The average molecular weight is 552 g/mol. The van der Waals surface area contributed by atoms with E-state index in [1.54, 1.807) is 41.3 Å². The molecule has 2 aromatic carbocycles. The molecule has 204 valence electrons. The number of unbranched alkanes of at least 4 members (excludes halogenated alkanes) is 1. The van der Waals surface area contributed by atoms with Crippen molar-refractivity contribution >= 4 is 39.1 Å². The lowest BCUT2D eigenvalue weighted by Gasteiger charge is -2.31. The van der Waals surface area contributed by atoms with Crippen LogP contribution in [0.25, 0.3) is 0 Å². The predicted octanol–water partition coefficient (Wildman–Crippen LogP) is 4.62. The number of sulfonamides is 1. The normalized spacial score (nSPS) is 12.0. The van der Waals surface area contributed by atoms with Crippen molar-refractivity contribution in [2.45, 2.75) is 58.5 Å². The zero-order valence-electron chi connectivity index (χ0n) is 22.1. The first kappa shape index (κ1) is 30.4. The van der Waals surface area contributed by atoms with Crippen molar-refractivity contribution in [2.75, 3.05) is 30.8 Å². The SMILES string of the molecule is CCCCNC(=O)C(CC)N(Cc1ccc(Cl)cc1)C(=O)CCCN(c1cccc(OC)c1)S(C)(=O)=O. The van der Waals surface area contributed by atoms with Gasteiger partial charge in [0, 0.05) is 37.1 Å². The first-order chi connectivity index (χ1) is 17.6. The van der Waals surface area contributed by atoms with Gasteiger partial charge in [0.05, 0.1) is 19.1 Å². The summed E-state index contributed by atoms with van der Waals surface area (Å²) in [5.41, 5.74) is 1.32. The zero-order chi connectivity index (χ0) is 27.4. The molecule has 0 spiro atoms. The molecule has 1 unspecified atom stereocenters. The minimum Gasteiger partial charge on any atom is -0.497 e. The van der Waals surface area contributed by atoms with Crippen molar-refractivity contribution in [3.05, 3.63) is 59.1 Å². The van der Waals surface area contributed by atoms with Gasteiger partial charge in [0.2, 0.25) is 21.8 Å². The highest BCUT2D eigenvalue weighted by atomic mass is 35.5. The van der Waals surface area contributed by atoms with Crippen LogP contribution >= 0.6 is 11.6 Å². The summed E-state index contributed by atoms with van der Waals surface area (Å²) < 4.78 is 31.5. The van der Waals surface area contributed by atoms with E-state index in [-0.39, 0.29) is 37.7 Å². The van der Waals surface area contributed by atoms with E-state index in [0.717, 1.165) is 24.7 Å².